The molecule has 5 heteroatoms. The van der Waals surface area contributed by atoms with Crippen LogP contribution >= 0.6 is 11.8 Å². The molecule has 1 heterocycles. The maximum absolute atomic E-state index is 12.6. The van der Waals surface area contributed by atoms with Crippen LogP contribution in [-0.2, 0) is 11.3 Å². The van der Waals surface area contributed by atoms with Crippen LogP contribution in [0.4, 0.5) is 4.79 Å². The summed E-state index contributed by atoms with van der Waals surface area (Å²) in [7, 11) is 0. The fourth-order valence-electron chi connectivity index (χ4n) is 2.43. The van der Waals surface area contributed by atoms with E-state index in [4.69, 9.17) is 4.74 Å². The van der Waals surface area contributed by atoms with Crippen molar-refractivity contribution in [3.63, 3.8) is 0 Å². The molecule has 122 valence electrons. The first-order chi connectivity index (χ1) is 11.7. The highest BCUT2D eigenvalue weighted by Gasteiger charge is 2.35. The molecule has 0 aliphatic carbocycles. The maximum Gasteiger partial charge on any atom is 0.293 e. The fourth-order valence-corrected chi connectivity index (χ4v) is 3.26. The number of para-hydroxylation sites is 1. The second kappa shape index (κ2) is 7.36. The van der Waals surface area contributed by atoms with Crippen LogP contribution in [0, 0.1) is 0 Å². The standard InChI is InChI=1S/C19H17NO3S/c1-2-23-16-11-7-6-10-15(16)12-17-18(21)20(19(22)24-17)13-14-8-4-3-5-9-14/h3-12H,2,13H2,1H3/b17-12+. The number of carbonyl (C=O) groups is 2. The normalized spacial score (nSPS) is 16.0. The average molecular weight is 339 g/mol. The van der Waals surface area contributed by atoms with Crippen LogP contribution in [-0.4, -0.2) is 22.7 Å². The third kappa shape index (κ3) is 3.51. The van der Waals surface area contributed by atoms with Crippen LogP contribution in [0.2, 0.25) is 0 Å². The zero-order valence-corrected chi connectivity index (χ0v) is 14.1. The van der Waals surface area contributed by atoms with Gasteiger partial charge in [0.05, 0.1) is 18.1 Å². The summed E-state index contributed by atoms with van der Waals surface area (Å²) < 4.78 is 5.57. The van der Waals surface area contributed by atoms with Gasteiger partial charge in [-0.3, -0.25) is 14.5 Å². The minimum absolute atomic E-state index is 0.246. The van der Waals surface area contributed by atoms with Gasteiger partial charge in [0.1, 0.15) is 5.75 Å². The number of benzene rings is 2. The predicted octanol–water partition coefficient (Wildman–Crippen LogP) is 4.32. The van der Waals surface area contributed by atoms with Crippen LogP contribution in [0.3, 0.4) is 0 Å². The molecule has 0 bridgehead atoms. The zero-order chi connectivity index (χ0) is 16.9. The van der Waals surface area contributed by atoms with Gasteiger partial charge in [0.25, 0.3) is 11.1 Å². The second-order valence-electron chi connectivity index (χ2n) is 5.22. The third-order valence-corrected chi connectivity index (χ3v) is 4.47. The Morgan fingerprint density at radius 2 is 1.75 bits per heavy atom. The van der Waals surface area contributed by atoms with Crippen molar-refractivity contribution in [2.45, 2.75) is 13.5 Å². The predicted molar refractivity (Wildman–Crippen MR) is 95.6 cm³/mol. The molecule has 3 rings (SSSR count). The Morgan fingerprint density at radius 3 is 2.50 bits per heavy atom. The van der Waals surface area contributed by atoms with Crippen molar-refractivity contribution >= 4 is 29.0 Å². The number of thioether (sulfide) groups is 1. The number of imide groups is 1. The lowest BCUT2D eigenvalue weighted by Gasteiger charge is -2.12. The smallest absolute Gasteiger partial charge is 0.293 e. The van der Waals surface area contributed by atoms with Gasteiger partial charge >= 0.3 is 0 Å². The Bertz CT molecular complexity index is 786. The molecule has 2 aromatic rings. The van der Waals surface area contributed by atoms with Gasteiger partial charge in [0.2, 0.25) is 0 Å². The Kier molecular flexibility index (Phi) is 5.01. The molecular formula is C19H17NO3S. The van der Waals surface area contributed by atoms with Gasteiger partial charge in [-0.1, -0.05) is 48.5 Å². The number of nitrogens with zero attached hydrogens (tertiary/aromatic N) is 1. The summed E-state index contributed by atoms with van der Waals surface area (Å²) >= 11 is 0.966. The van der Waals surface area contributed by atoms with Crippen molar-refractivity contribution in [2.75, 3.05) is 6.61 Å². The lowest BCUT2D eigenvalue weighted by molar-refractivity contribution is -0.123. The van der Waals surface area contributed by atoms with E-state index in [0.29, 0.717) is 17.3 Å². The molecule has 0 N–H and O–H groups in total. The zero-order valence-electron chi connectivity index (χ0n) is 13.3. The number of ether oxygens (including phenoxy) is 1. The quantitative estimate of drug-likeness (QED) is 0.761. The van der Waals surface area contributed by atoms with Crippen molar-refractivity contribution in [2.24, 2.45) is 0 Å². The molecule has 1 aliphatic heterocycles. The molecule has 4 nitrogen and oxygen atoms in total. The Balaban J connectivity index is 1.83. The molecule has 0 unspecified atom stereocenters. The molecule has 0 saturated carbocycles. The lowest BCUT2D eigenvalue weighted by atomic mass is 10.1. The van der Waals surface area contributed by atoms with Gasteiger partial charge in [-0.2, -0.15) is 0 Å². The van der Waals surface area contributed by atoms with E-state index in [2.05, 4.69) is 0 Å². The largest absolute Gasteiger partial charge is 0.493 e. The molecule has 1 fully saturated rings. The highest BCUT2D eigenvalue weighted by atomic mass is 32.2. The number of rotatable bonds is 5. The average Bonchev–Trinajstić information content (AvgIpc) is 2.85. The van der Waals surface area contributed by atoms with E-state index in [-0.39, 0.29) is 17.7 Å². The Morgan fingerprint density at radius 1 is 1.04 bits per heavy atom. The monoisotopic (exact) mass is 339 g/mol. The number of carbonyl (C=O) groups excluding carboxylic acids is 2. The minimum atomic E-state index is -0.264. The molecule has 0 aromatic heterocycles. The van der Waals surface area contributed by atoms with Crippen LogP contribution in [0.15, 0.2) is 59.5 Å². The molecule has 0 spiro atoms. The van der Waals surface area contributed by atoms with E-state index in [0.717, 1.165) is 22.9 Å². The summed E-state index contributed by atoms with van der Waals surface area (Å²) in [5.41, 5.74) is 1.72. The van der Waals surface area contributed by atoms with E-state index < -0.39 is 0 Å². The molecule has 2 amide bonds. The molecular weight excluding hydrogens is 322 g/mol. The van der Waals surface area contributed by atoms with E-state index in [1.807, 2.05) is 61.5 Å². The summed E-state index contributed by atoms with van der Waals surface area (Å²) in [4.78, 5) is 26.5. The summed E-state index contributed by atoms with van der Waals surface area (Å²) in [6.45, 7) is 2.74. The van der Waals surface area contributed by atoms with Gasteiger partial charge < -0.3 is 4.74 Å². The van der Waals surface area contributed by atoms with Crippen LogP contribution in [0.25, 0.3) is 6.08 Å². The number of hydrogen-bond donors (Lipinski definition) is 0. The van der Waals surface area contributed by atoms with E-state index in [1.54, 1.807) is 6.08 Å². The molecule has 24 heavy (non-hydrogen) atoms. The molecule has 1 aliphatic rings. The first-order valence-electron chi connectivity index (χ1n) is 7.70. The van der Waals surface area contributed by atoms with E-state index in [9.17, 15) is 9.59 Å². The van der Waals surface area contributed by atoms with Gasteiger partial charge in [0, 0.05) is 5.56 Å². The van der Waals surface area contributed by atoms with E-state index >= 15 is 0 Å². The summed E-state index contributed by atoms with van der Waals surface area (Å²) in [5.74, 6) is 0.440. The van der Waals surface area contributed by atoms with Gasteiger partial charge in [-0.15, -0.1) is 0 Å². The molecule has 1 saturated heterocycles. The summed E-state index contributed by atoms with van der Waals surface area (Å²) in [6, 6.07) is 17.0. The van der Waals surface area contributed by atoms with Crippen molar-refractivity contribution < 1.29 is 14.3 Å². The maximum atomic E-state index is 12.6. The van der Waals surface area contributed by atoms with Crippen LogP contribution in [0.5, 0.6) is 5.75 Å². The summed E-state index contributed by atoms with van der Waals surface area (Å²) in [5, 5.41) is -0.246. The first kappa shape index (κ1) is 16.3. The number of hydrogen-bond acceptors (Lipinski definition) is 4. The Hall–Kier alpha value is -2.53. The highest BCUT2D eigenvalue weighted by molar-refractivity contribution is 8.18. The van der Waals surface area contributed by atoms with Gasteiger partial charge in [-0.05, 0) is 36.4 Å². The van der Waals surface area contributed by atoms with E-state index in [1.165, 1.54) is 4.90 Å². The van der Waals surface area contributed by atoms with Crippen molar-refractivity contribution in [3.8, 4) is 5.75 Å². The minimum Gasteiger partial charge on any atom is -0.493 e. The van der Waals surface area contributed by atoms with Crippen molar-refractivity contribution in [1.29, 1.82) is 0 Å². The highest BCUT2D eigenvalue weighted by Crippen LogP contribution is 2.34. The topological polar surface area (TPSA) is 46.6 Å². The number of amides is 2. The molecule has 0 atom stereocenters. The Labute approximate surface area is 145 Å². The summed E-state index contributed by atoms with van der Waals surface area (Å²) in [6.07, 6.45) is 1.72. The first-order valence-corrected chi connectivity index (χ1v) is 8.52. The lowest BCUT2D eigenvalue weighted by Crippen LogP contribution is -2.27. The van der Waals surface area contributed by atoms with Gasteiger partial charge in [-0.25, -0.2) is 0 Å². The van der Waals surface area contributed by atoms with Gasteiger partial charge in [0.15, 0.2) is 0 Å². The van der Waals surface area contributed by atoms with Crippen molar-refractivity contribution in [1.82, 2.24) is 4.90 Å². The SMILES string of the molecule is CCOc1ccccc1/C=C1/SC(=O)N(Cc2ccccc2)C1=O. The van der Waals surface area contributed by atoms with Crippen LogP contribution in [0.1, 0.15) is 18.1 Å². The molecule has 2 aromatic carbocycles. The fraction of sp³-hybridized carbons (Fsp3) is 0.158. The van der Waals surface area contributed by atoms with Crippen LogP contribution < -0.4 is 4.74 Å². The molecule has 0 radical (unpaired) electrons. The van der Waals surface area contributed by atoms with Crippen molar-refractivity contribution in [3.05, 3.63) is 70.6 Å². The third-order valence-electron chi connectivity index (χ3n) is 3.56. The second-order valence-corrected chi connectivity index (χ2v) is 6.22.